The molecule has 1 aliphatic heterocycles. The minimum absolute atomic E-state index is 0.167. The fraction of sp³-hybridized carbons (Fsp3) is 0.792. The predicted molar refractivity (Wildman–Crippen MR) is 119 cm³/mol. The van der Waals surface area contributed by atoms with Crippen LogP contribution in [0.15, 0.2) is 5.38 Å². The number of aromatic nitrogens is 1. The predicted octanol–water partition coefficient (Wildman–Crippen LogP) is 4.98. The zero-order valence-electron chi connectivity index (χ0n) is 18.1. The van der Waals surface area contributed by atoms with Crippen molar-refractivity contribution < 1.29 is 9.59 Å². The maximum absolute atomic E-state index is 13.3. The molecule has 30 heavy (non-hydrogen) atoms. The number of piperidine rings is 1. The summed E-state index contributed by atoms with van der Waals surface area (Å²) < 4.78 is 0. The molecular weight excluding hydrogens is 394 g/mol. The Morgan fingerprint density at radius 1 is 0.867 bits per heavy atom. The average molecular weight is 430 g/mol. The van der Waals surface area contributed by atoms with Crippen molar-refractivity contribution >= 4 is 23.2 Å². The second-order valence-corrected chi connectivity index (χ2v) is 10.8. The monoisotopic (exact) mass is 429 g/mol. The van der Waals surface area contributed by atoms with E-state index in [0.717, 1.165) is 69.5 Å². The van der Waals surface area contributed by atoms with E-state index >= 15 is 0 Å². The molecule has 0 radical (unpaired) electrons. The number of likely N-dealkylation sites (tertiary alicyclic amines) is 1. The summed E-state index contributed by atoms with van der Waals surface area (Å²) >= 11 is 1.65. The molecule has 0 unspecified atom stereocenters. The maximum atomic E-state index is 13.3. The van der Waals surface area contributed by atoms with Crippen LogP contribution in [0.25, 0.3) is 0 Å². The Morgan fingerprint density at radius 3 is 2.17 bits per heavy atom. The molecule has 164 valence electrons. The molecule has 2 heterocycles. The molecule has 1 aromatic rings. The lowest BCUT2D eigenvalue weighted by atomic mass is 9.93. The van der Waals surface area contributed by atoms with Gasteiger partial charge in [-0.3, -0.25) is 9.59 Å². The van der Waals surface area contributed by atoms with Gasteiger partial charge in [0.25, 0.3) is 5.91 Å². The van der Waals surface area contributed by atoms with Crippen molar-refractivity contribution in [3.63, 3.8) is 0 Å². The fourth-order valence-corrected chi connectivity index (χ4v) is 6.79. The van der Waals surface area contributed by atoms with Gasteiger partial charge in [-0.05, 0) is 51.4 Å². The number of rotatable bonds is 5. The van der Waals surface area contributed by atoms with E-state index in [1.807, 2.05) is 5.38 Å². The van der Waals surface area contributed by atoms with Gasteiger partial charge in [0.1, 0.15) is 5.69 Å². The zero-order chi connectivity index (χ0) is 20.5. The maximum Gasteiger partial charge on any atom is 0.273 e. The molecule has 0 bridgehead atoms. The minimum Gasteiger partial charge on any atom is -0.342 e. The van der Waals surface area contributed by atoms with Crippen LogP contribution in [0.1, 0.15) is 105 Å². The van der Waals surface area contributed by atoms with Gasteiger partial charge in [-0.25, -0.2) is 4.98 Å². The van der Waals surface area contributed by atoms with Gasteiger partial charge in [-0.2, -0.15) is 0 Å². The second-order valence-electron chi connectivity index (χ2n) is 9.89. The van der Waals surface area contributed by atoms with Crippen LogP contribution in [0.5, 0.6) is 0 Å². The summed E-state index contributed by atoms with van der Waals surface area (Å²) in [6.45, 7) is 1.69. The van der Waals surface area contributed by atoms with Gasteiger partial charge in [-0.15, -0.1) is 11.3 Å². The summed E-state index contributed by atoms with van der Waals surface area (Å²) in [7, 11) is 0. The number of thiazole rings is 1. The highest BCUT2D eigenvalue weighted by Gasteiger charge is 2.39. The molecule has 1 saturated heterocycles. The molecule has 0 atom stereocenters. The van der Waals surface area contributed by atoms with Crippen molar-refractivity contribution in [2.75, 3.05) is 13.1 Å². The van der Waals surface area contributed by atoms with Gasteiger partial charge in [0, 0.05) is 42.4 Å². The van der Waals surface area contributed by atoms with E-state index in [2.05, 4.69) is 9.80 Å². The summed E-state index contributed by atoms with van der Waals surface area (Å²) in [5, 5.41) is 3.09. The van der Waals surface area contributed by atoms with Crippen LogP contribution in [0, 0.1) is 5.92 Å². The van der Waals surface area contributed by atoms with Crippen molar-refractivity contribution in [2.24, 2.45) is 5.92 Å². The highest BCUT2D eigenvalue weighted by Crippen LogP contribution is 2.37. The lowest BCUT2D eigenvalue weighted by Crippen LogP contribution is -2.43. The molecule has 3 aliphatic carbocycles. The van der Waals surface area contributed by atoms with Crippen LogP contribution >= 0.6 is 11.3 Å². The molecule has 6 heteroatoms. The van der Waals surface area contributed by atoms with E-state index in [4.69, 9.17) is 4.98 Å². The smallest absolute Gasteiger partial charge is 0.273 e. The zero-order valence-corrected chi connectivity index (χ0v) is 18.9. The average Bonchev–Trinajstić information content (AvgIpc) is 3.27. The first-order valence-corrected chi connectivity index (χ1v) is 13.2. The summed E-state index contributed by atoms with van der Waals surface area (Å²) in [6, 6.07) is 0.879. The van der Waals surface area contributed by atoms with Crippen molar-refractivity contribution in [3.8, 4) is 0 Å². The van der Waals surface area contributed by atoms with Crippen molar-refractivity contribution in [3.05, 3.63) is 16.1 Å². The third-order valence-corrected chi connectivity index (χ3v) is 8.75. The number of hydrogen-bond donors (Lipinski definition) is 0. The third kappa shape index (κ3) is 4.30. The summed E-state index contributed by atoms with van der Waals surface area (Å²) in [4.78, 5) is 35.1. The van der Waals surface area contributed by atoms with Crippen LogP contribution < -0.4 is 0 Å². The molecule has 5 rings (SSSR count). The molecule has 5 nitrogen and oxygen atoms in total. The van der Waals surface area contributed by atoms with Crippen molar-refractivity contribution in [1.29, 1.82) is 0 Å². The minimum atomic E-state index is 0.167. The Morgan fingerprint density at radius 2 is 1.50 bits per heavy atom. The van der Waals surface area contributed by atoms with E-state index in [-0.39, 0.29) is 11.8 Å². The molecule has 4 fully saturated rings. The standard InChI is InChI=1S/C24H35N3O2S/c28-23(18-6-4-5-7-18)26-14-12-17(13-15-26)22-25-21(16-30-22)24(29)27(20-10-11-20)19-8-2-1-3-9-19/h16-20H,1-15H2. The van der Waals surface area contributed by atoms with E-state index in [0.29, 0.717) is 29.6 Å². The SMILES string of the molecule is O=C(C1CCCC1)N1CCC(c2nc(C(=O)N(C3CCCCC3)C3CC3)cs2)CC1. The van der Waals surface area contributed by atoms with Gasteiger partial charge in [0.05, 0.1) is 5.01 Å². The normalized spacial score (nSPS) is 24.3. The molecule has 0 N–H and O–H groups in total. The number of hydrogen-bond acceptors (Lipinski definition) is 4. The Balaban J connectivity index is 1.20. The van der Waals surface area contributed by atoms with Gasteiger partial charge in [-0.1, -0.05) is 32.1 Å². The van der Waals surface area contributed by atoms with Crippen LogP contribution in [-0.2, 0) is 4.79 Å². The van der Waals surface area contributed by atoms with Crippen molar-refractivity contribution in [2.45, 2.75) is 101 Å². The van der Waals surface area contributed by atoms with Crippen LogP contribution in [0.4, 0.5) is 0 Å². The lowest BCUT2D eigenvalue weighted by molar-refractivity contribution is -0.136. The Kier molecular flexibility index (Phi) is 6.12. The molecule has 3 saturated carbocycles. The first-order chi connectivity index (χ1) is 14.7. The quantitative estimate of drug-likeness (QED) is 0.663. The Bertz CT molecular complexity index is 754. The Hall–Kier alpha value is -1.43. The first-order valence-electron chi connectivity index (χ1n) is 12.3. The van der Waals surface area contributed by atoms with Gasteiger partial charge in [0.2, 0.25) is 5.91 Å². The van der Waals surface area contributed by atoms with Gasteiger partial charge in [0.15, 0.2) is 0 Å². The van der Waals surface area contributed by atoms with E-state index < -0.39 is 0 Å². The topological polar surface area (TPSA) is 53.5 Å². The summed E-state index contributed by atoms with van der Waals surface area (Å²) in [5.41, 5.74) is 0.664. The van der Waals surface area contributed by atoms with Gasteiger partial charge >= 0.3 is 0 Å². The van der Waals surface area contributed by atoms with Crippen molar-refractivity contribution in [1.82, 2.24) is 14.8 Å². The molecule has 0 aromatic carbocycles. The first kappa shape index (κ1) is 20.5. The lowest BCUT2D eigenvalue weighted by Gasteiger charge is -2.34. The molecule has 0 spiro atoms. The van der Waals surface area contributed by atoms with E-state index in [1.165, 1.54) is 32.1 Å². The second kappa shape index (κ2) is 8.97. The van der Waals surface area contributed by atoms with Crippen LogP contribution in [0.3, 0.4) is 0 Å². The number of carbonyl (C=O) groups is 2. The molecule has 2 amide bonds. The molecule has 1 aromatic heterocycles. The fourth-order valence-electron chi connectivity index (χ4n) is 5.83. The summed E-state index contributed by atoms with van der Waals surface area (Å²) in [5.74, 6) is 1.22. The van der Waals surface area contributed by atoms with E-state index in [9.17, 15) is 9.59 Å². The highest BCUT2D eigenvalue weighted by molar-refractivity contribution is 7.09. The van der Waals surface area contributed by atoms with Crippen LogP contribution in [-0.4, -0.2) is 51.8 Å². The third-order valence-electron chi connectivity index (χ3n) is 7.74. The number of nitrogens with zero attached hydrogens (tertiary/aromatic N) is 3. The molecule has 4 aliphatic rings. The molecular formula is C24H35N3O2S. The van der Waals surface area contributed by atoms with Crippen LogP contribution in [0.2, 0.25) is 0 Å². The van der Waals surface area contributed by atoms with E-state index in [1.54, 1.807) is 11.3 Å². The number of amides is 2. The highest BCUT2D eigenvalue weighted by atomic mass is 32.1. The van der Waals surface area contributed by atoms with Gasteiger partial charge < -0.3 is 9.80 Å². The number of carbonyl (C=O) groups excluding carboxylic acids is 2. The summed E-state index contributed by atoms with van der Waals surface area (Å²) in [6.07, 6.45) is 15.0. The largest absolute Gasteiger partial charge is 0.342 e. The Labute approximate surface area is 184 Å².